The molecule has 0 saturated heterocycles. The van der Waals surface area contributed by atoms with Crippen LogP contribution in [0.2, 0.25) is 0 Å². The second kappa shape index (κ2) is 41.0. The molecule has 0 aromatic carbocycles. The van der Waals surface area contributed by atoms with Crippen molar-refractivity contribution in [2.24, 2.45) is 5.73 Å². The summed E-state index contributed by atoms with van der Waals surface area (Å²) in [7, 11) is 0. The van der Waals surface area contributed by atoms with Crippen molar-refractivity contribution in [2.45, 2.75) is 34.6 Å². The number of hydrogen-bond donors (Lipinski definition) is 1. The molecule has 0 aliphatic rings. The standard InChI is InChI=1S/C6H9N.C3H6.2C2H6/c1-3-5-6(7)4-2;1-3-2;2*1-2/h3-5H,1-2,7H2;3H,1H2,2H3;2*1-2H3/b6-5+;;;. The van der Waals surface area contributed by atoms with Gasteiger partial charge in [-0.1, -0.05) is 53.0 Å². The van der Waals surface area contributed by atoms with Gasteiger partial charge < -0.3 is 5.73 Å². The molecule has 0 rings (SSSR count). The first-order valence-electron chi connectivity index (χ1n) is 5.00. The van der Waals surface area contributed by atoms with E-state index < -0.39 is 0 Å². The van der Waals surface area contributed by atoms with Crippen molar-refractivity contribution in [1.82, 2.24) is 0 Å². The van der Waals surface area contributed by atoms with Crippen molar-refractivity contribution < 1.29 is 0 Å². The minimum atomic E-state index is 0.648. The normalized spacial score (nSPS) is 7.07. The predicted molar refractivity (Wildman–Crippen MR) is 71.2 cm³/mol. The zero-order chi connectivity index (χ0) is 12.4. The Bertz CT molecular complexity index is 132. The van der Waals surface area contributed by atoms with Gasteiger partial charge in [0, 0.05) is 5.70 Å². The molecule has 0 aromatic rings. The van der Waals surface area contributed by atoms with Gasteiger partial charge >= 0.3 is 0 Å². The molecule has 0 amide bonds. The summed E-state index contributed by atoms with van der Waals surface area (Å²) in [6.07, 6.45) is 6.63. The first kappa shape index (κ1) is 23.0. The molecule has 0 aliphatic carbocycles. The highest BCUT2D eigenvalue weighted by atomic mass is 14.5. The summed E-state index contributed by atoms with van der Waals surface area (Å²) in [5.41, 5.74) is 5.90. The van der Waals surface area contributed by atoms with Crippen LogP contribution in [0.5, 0.6) is 0 Å². The average Bonchev–Trinajstić information content (AvgIpc) is 2.25. The lowest BCUT2D eigenvalue weighted by molar-refractivity contribution is 1.44. The fourth-order valence-corrected chi connectivity index (χ4v) is 0.204. The molecule has 0 fully saturated rings. The lowest BCUT2D eigenvalue weighted by Crippen LogP contribution is -1.89. The Labute approximate surface area is 90.7 Å². The minimum Gasteiger partial charge on any atom is -0.399 e. The topological polar surface area (TPSA) is 26.0 Å². The predicted octanol–water partition coefficient (Wildman–Crippen LogP) is 4.45. The second-order valence-corrected chi connectivity index (χ2v) is 1.51. The molecule has 0 heterocycles. The quantitative estimate of drug-likeness (QED) is 0.514. The molecule has 0 spiro atoms. The van der Waals surface area contributed by atoms with Crippen LogP contribution < -0.4 is 5.73 Å². The van der Waals surface area contributed by atoms with E-state index in [2.05, 4.69) is 19.7 Å². The number of allylic oxidation sites excluding steroid dienone is 4. The monoisotopic (exact) mass is 197 g/mol. The zero-order valence-corrected chi connectivity index (χ0v) is 10.5. The third-order valence-electron chi connectivity index (χ3n) is 0.546. The second-order valence-electron chi connectivity index (χ2n) is 1.51. The van der Waals surface area contributed by atoms with E-state index in [4.69, 9.17) is 5.73 Å². The van der Waals surface area contributed by atoms with Crippen molar-refractivity contribution in [3.8, 4) is 0 Å². The zero-order valence-electron chi connectivity index (χ0n) is 10.5. The Morgan fingerprint density at radius 3 is 1.36 bits per heavy atom. The molecule has 84 valence electrons. The van der Waals surface area contributed by atoms with Crippen LogP contribution in [-0.2, 0) is 0 Å². The summed E-state index contributed by atoms with van der Waals surface area (Å²) in [6.45, 7) is 20.1. The molecular formula is C13H27N. The number of hydrogen-bond acceptors (Lipinski definition) is 1. The van der Waals surface area contributed by atoms with Crippen LogP contribution in [0.3, 0.4) is 0 Å². The van der Waals surface area contributed by atoms with Crippen LogP contribution in [0.15, 0.2) is 49.7 Å². The van der Waals surface area contributed by atoms with Gasteiger partial charge in [-0.2, -0.15) is 0 Å². The molecule has 0 bridgehead atoms. The molecule has 0 unspecified atom stereocenters. The first-order valence-corrected chi connectivity index (χ1v) is 5.00. The average molecular weight is 197 g/mol. The Hall–Kier alpha value is -1.24. The van der Waals surface area contributed by atoms with E-state index in [9.17, 15) is 0 Å². The number of rotatable bonds is 2. The fraction of sp³-hybridized carbons (Fsp3) is 0.385. The summed E-state index contributed by atoms with van der Waals surface area (Å²) in [5.74, 6) is 0. The van der Waals surface area contributed by atoms with Gasteiger partial charge in [-0.05, 0) is 19.1 Å². The maximum Gasteiger partial charge on any atom is 0.0307 e. The third kappa shape index (κ3) is 72.5. The van der Waals surface area contributed by atoms with Crippen molar-refractivity contribution >= 4 is 0 Å². The largest absolute Gasteiger partial charge is 0.399 e. The summed E-state index contributed by atoms with van der Waals surface area (Å²) in [5, 5.41) is 0. The number of nitrogens with two attached hydrogens (primary N) is 1. The molecule has 0 aliphatic heterocycles. The lowest BCUT2D eigenvalue weighted by atomic mass is 10.4. The van der Waals surface area contributed by atoms with Gasteiger partial charge in [0.2, 0.25) is 0 Å². The van der Waals surface area contributed by atoms with Crippen LogP contribution in [0.4, 0.5) is 0 Å². The van der Waals surface area contributed by atoms with E-state index in [0.717, 1.165) is 0 Å². The molecule has 0 aromatic heterocycles. The molecule has 1 nitrogen and oxygen atoms in total. The molecule has 0 atom stereocenters. The van der Waals surface area contributed by atoms with Crippen LogP contribution in [-0.4, -0.2) is 0 Å². The van der Waals surface area contributed by atoms with Gasteiger partial charge in [-0.15, -0.1) is 6.58 Å². The molecular weight excluding hydrogens is 170 g/mol. The smallest absolute Gasteiger partial charge is 0.0307 e. The van der Waals surface area contributed by atoms with E-state index in [1.807, 2.05) is 34.6 Å². The SMILES string of the molecule is C=C/C=C(/N)C=C.C=CC.CC.CC. The van der Waals surface area contributed by atoms with Gasteiger partial charge in [-0.25, -0.2) is 0 Å². The summed E-state index contributed by atoms with van der Waals surface area (Å²) in [6, 6.07) is 0. The highest BCUT2D eigenvalue weighted by Crippen LogP contribution is 1.81. The van der Waals surface area contributed by atoms with Crippen LogP contribution >= 0.6 is 0 Å². The van der Waals surface area contributed by atoms with Crippen LogP contribution in [0, 0.1) is 0 Å². The Kier molecular flexibility index (Phi) is 67.4. The third-order valence-corrected chi connectivity index (χ3v) is 0.546. The lowest BCUT2D eigenvalue weighted by Gasteiger charge is -1.81. The summed E-state index contributed by atoms with van der Waals surface area (Å²) in [4.78, 5) is 0. The van der Waals surface area contributed by atoms with Gasteiger partial charge in [0.25, 0.3) is 0 Å². The molecule has 2 N–H and O–H groups in total. The van der Waals surface area contributed by atoms with Crippen LogP contribution in [0.25, 0.3) is 0 Å². The van der Waals surface area contributed by atoms with Crippen molar-refractivity contribution in [2.75, 3.05) is 0 Å². The Balaban J connectivity index is -0.0000000603. The van der Waals surface area contributed by atoms with Crippen LogP contribution in [0.1, 0.15) is 34.6 Å². The van der Waals surface area contributed by atoms with E-state index in [1.54, 1.807) is 24.3 Å². The maximum absolute atomic E-state index is 5.26. The van der Waals surface area contributed by atoms with E-state index in [0.29, 0.717) is 5.70 Å². The van der Waals surface area contributed by atoms with E-state index in [-0.39, 0.29) is 0 Å². The Morgan fingerprint density at radius 2 is 1.29 bits per heavy atom. The summed E-state index contributed by atoms with van der Waals surface area (Å²) >= 11 is 0. The van der Waals surface area contributed by atoms with E-state index >= 15 is 0 Å². The molecule has 1 heteroatoms. The minimum absolute atomic E-state index is 0.648. The van der Waals surface area contributed by atoms with Gasteiger partial charge in [0.15, 0.2) is 0 Å². The molecule has 0 radical (unpaired) electrons. The Morgan fingerprint density at radius 1 is 1.00 bits per heavy atom. The maximum atomic E-state index is 5.26. The van der Waals surface area contributed by atoms with Crippen molar-refractivity contribution in [3.63, 3.8) is 0 Å². The molecule has 0 saturated carbocycles. The van der Waals surface area contributed by atoms with Gasteiger partial charge in [-0.3, -0.25) is 0 Å². The highest BCUT2D eigenvalue weighted by Gasteiger charge is 1.69. The van der Waals surface area contributed by atoms with Gasteiger partial charge in [0.05, 0.1) is 0 Å². The summed E-state index contributed by atoms with van der Waals surface area (Å²) < 4.78 is 0. The first-order chi connectivity index (χ1) is 6.72. The van der Waals surface area contributed by atoms with E-state index in [1.165, 1.54) is 0 Å². The highest BCUT2D eigenvalue weighted by molar-refractivity contribution is 5.16. The fourth-order valence-electron chi connectivity index (χ4n) is 0.204. The molecule has 14 heavy (non-hydrogen) atoms. The van der Waals surface area contributed by atoms with Crippen molar-refractivity contribution in [1.29, 1.82) is 0 Å². The van der Waals surface area contributed by atoms with Gasteiger partial charge in [0.1, 0.15) is 0 Å². The van der Waals surface area contributed by atoms with Crippen molar-refractivity contribution in [3.05, 3.63) is 49.7 Å².